The molecule has 14 heavy (non-hydrogen) atoms. The van der Waals surface area contributed by atoms with Gasteiger partial charge in [-0.2, -0.15) is 0 Å². The Labute approximate surface area is 82.6 Å². The molecule has 4 heteroatoms. The van der Waals surface area contributed by atoms with Crippen LogP contribution in [0.15, 0.2) is 12.1 Å². The molecule has 0 atom stereocenters. The van der Waals surface area contributed by atoms with Crippen molar-refractivity contribution in [2.24, 2.45) is 5.73 Å². The fourth-order valence-electron chi connectivity index (χ4n) is 1.23. The summed E-state index contributed by atoms with van der Waals surface area (Å²) in [4.78, 5) is 11.0. The molecular weight excluding hydrogens is 182 g/mol. The molecule has 1 amide bonds. The van der Waals surface area contributed by atoms with Crippen molar-refractivity contribution in [2.45, 2.75) is 6.92 Å². The molecule has 0 radical (unpaired) electrons. The molecule has 0 fully saturated rings. The summed E-state index contributed by atoms with van der Waals surface area (Å²) in [6, 6.07) is 3.19. The summed E-state index contributed by atoms with van der Waals surface area (Å²) in [5, 5.41) is 0. The average Bonchev–Trinajstić information content (AvgIpc) is 2.17. The van der Waals surface area contributed by atoms with Crippen molar-refractivity contribution < 1.29 is 14.3 Å². The number of amides is 1. The van der Waals surface area contributed by atoms with E-state index in [0.29, 0.717) is 17.1 Å². The van der Waals surface area contributed by atoms with E-state index < -0.39 is 5.91 Å². The van der Waals surface area contributed by atoms with Crippen LogP contribution in [0.4, 0.5) is 0 Å². The molecule has 0 heterocycles. The molecule has 1 aromatic rings. The van der Waals surface area contributed by atoms with Gasteiger partial charge in [0.25, 0.3) is 0 Å². The minimum atomic E-state index is -0.499. The van der Waals surface area contributed by atoms with E-state index >= 15 is 0 Å². The summed E-state index contributed by atoms with van der Waals surface area (Å²) in [6.07, 6.45) is 0. The zero-order valence-corrected chi connectivity index (χ0v) is 8.46. The van der Waals surface area contributed by atoms with Crippen molar-refractivity contribution in [3.05, 3.63) is 23.3 Å². The highest BCUT2D eigenvalue weighted by molar-refractivity contribution is 5.94. The van der Waals surface area contributed by atoms with E-state index in [4.69, 9.17) is 15.2 Å². The van der Waals surface area contributed by atoms with Crippen LogP contribution in [-0.4, -0.2) is 20.1 Å². The average molecular weight is 195 g/mol. The largest absolute Gasteiger partial charge is 0.496 e. The maximum Gasteiger partial charge on any atom is 0.248 e. The molecule has 1 aromatic carbocycles. The molecule has 0 aliphatic heterocycles. The highest BCUT2D eigenvalue weighted by Crippen LogP contribution is 2.29. The Kier molecular flexibility index (Phi) is 2.96. The third-order valence-corrected chi connectivity index (χ3v) is 2.04. The summed E-state index contributed by atoms with van der Waals surface area (Å²) < 4.78 is 10.2. The number of hydrogen-bond acceptors (Lipinski definition) is 3. The molecule has 0 saturated heterocycles. The van der Waals surface area contributed by atoms with Crippen LogP contribution in [-0.2, 0) is 0 Å². The fourth-order valence-corrected chi connectivity index (χ4v) is 1.23. The fraction of sp³-hybridized carbons (Fsp3) is 0.300. The second-order valence-electron chi connectivity index (χ2n) is 2.87. The number of benzene rings is 1. The van der Waals surface area contributed by atoms with E-state index in [0.717, 1.165) is 5.56 Å². The van der Waals surface area contributed by atoms with Crippen molar-refractivity contribution >= 4 is 5.91 Å². The van der Waals surface area contributed by atoms with E-state index in [9.17, 15) is 4.79 Å². The van der Waals surface area contributed by atoms with Crippen molar-refractivity contribution in [1.29, 1.82) is 0 Å². The maximum absolute atomic E-state index is 11.0. The first-order chi connectivity index (χ1) is 6.60. The van der Waals surface area contributed by atoms with Crippen LogP contribution in [0, 0.1) is 6.92 Å². The lowest BCUT2D eigenvalue weighted by Gasteiger charge is -2.10. The predicted molar refractivity (Wildman–Crippen MR) is 52.8 cm³/mol. The summed E-state index contributed by atoms with van der Waals surface area (Å²) in [5.74, 6) is 0.693. The molecule has 1 rings (SSSR count). The lowest BCUT2D eigenvalue weighted by atomic mass is 10.1. The van der Waals surface area contributed by atoms with Gasteiger partial charge in [-0.25, -0.2) is 0 Å². The number of nitrogens with two attached hydrogens (primary N) is 1. The predicted octanol–water partition coefficient (Wildman–Crippen LogP) is 1.11. The van der Waals surface area contributed by atoms with Crippen LogP contribution < -0.4 is 15.2 Å². The van der Waals surface area contributed by atoms with E-state index in [1.165, 1.54) is 14.2 Å². The quantitative estimate of drug-likeness (QED) is 0.785. The van der Waals surface area contributed by atoms with Crippen molar-refractivity contribution in [2.75, 3.05) is 14.2 Å². The summed E-state index contributed by atoms with van der Waals surface area (Å²) in [7, 11) is 3.07. The first-order valence-corrected chi connectivity index (χ1v) is 4.12. The summed E-state index contributed by atoms with van der Waals surface area (Å²) in [5.41, 5.74) is 6.39. The number of carbonyl (C=O) groups excluding carboxylic acids is 1. The lowest BCUT2D eigenvalue weighted by Crippen LogP contribution is -2.11. The molecule has 0 aliphatic carbocycles. The molecule has 0 spiro atoms. The van der Waals surface area contributed by atoms with Gasteiger partial charge in [-0.15, -0.1) is 0 Å². The van der Waals surface area contributed by atoms with E-state index in [2.05, 4.69) is 0 Å². The number of hydrogen-bond donors (Lipinski definition) is 1. The van der Waals surface area contributed by atoms with Crippen LogP contribution in [0.5, 0.6) is 11.5 Å². The van der Waals surface area contributed by atoms with Crippen molar-refractivity contribution in [3.8, 4) is 11.5 Å². The Balaban J connectivity index is 3.32. The molecule has 0 saturated carbocycles. The van der Waals surface area contributed by atoms with Crippen molar-refractivity contribution in [3.63, 3.8) is 0 Å². The Hall–Kier alpha value is -1.71. The van der Waals surface area contributed by atoms with Crippen LogP contribution in [0.2, 0.25) is 0 Å². The van der Waals surface area contributed by atoms with Crippen LogP contribution in [0.1, 0.15) is 15.9 Å². The number of ether oxygens (including phenoxy) is 2. The third-order valence-electron chi connectivity index (χ3n) is 2.04. The van der Waals surface area contributed by atoms with Gasteiger partial charge in [0.2, 0.25) is 5.91 Å². The van der Waals surface area contributed by atoms with Gasteiger partial charge in [0.1, 0.15) is 11.5 Å². The zero-order valence-electron chi connectivity index (χ0n) is 8.46. The van der Waals surface area contributed by atoms with Gasteiger partial charge in [-0.05, 0) is 19.1 Å². The minimum absolute atomic E-state index is 0.379. The SMILES string of the molecule is COc1cc(C(N)=O)cc(OC)c1C. The van der Waals surface area contributed by atoms with E-state index in [1.54, 1.807) is 12.1 Å². The third kappa shape index (κ3) is 1.79. The summed E-state index contributed by atoms with van der Waals surface area (Å²) >= 11 is 0. The van der Waals surface area contributed by atoms with Crippen LogP contribution in [0.25, 0.3) is 0 Å². The van der Waals surface area contributed by atoms with Crippen LogP contribution >= 0.6 is 0 Å². The molecule has 4 nitrogen and oxygen atoms in total. The highest BCUT2D eigenvalue weighted by Gasteiger charge is 2.10. The smallest absolute Gasteiger partial charge is 0.248 e. The first-order valence-electron chi connectivity index (χ1n) is 4.12. The zero-order chi connectivity index (χ0) is 10.7. The highest BCUT2D eigenvalue weighted by atomic mass is 16.5. The molecular formula is C10H13NO3. The molecule has 0 aliphatic rings. The van der Waals surface area contributed by atoms with Crippen LogP contribution in [0.3, 0.4) is 0 Å². The number of rotatable bonds is 3. The van der Waals surface area contributed by atoms with Gasteiger partial charge in [-0.1, -0.05) is 0 Å². The Morgan fingerprint density at radius 2 is 1.64 bits per heavy atom. The molecule has 2 N–H and O–H groups in total. The van der Waals surface area contributed by atoms with Gasteiger partial charge in [0.05, 0.1) is 14.2 Å². The van der Waals surface area contributed by atoms with Gasteiger partial charge in [0, 0.05) is 11.1 Å². The normalized spacial score (nSPS) is 9.64. The van der Waals surface area contributed by atoms with Gasteiger partial charge >= 0.3 is 0 Å². The van der Waals surface area contributed by atoms with Gasteiger partial charge in [0.15, 0.2) is 0 Å². The number of primary amides is 1. The molecule has 0 aromatic heterocycles. The first kappa shape index (κ1) is 10.4. The van der Waals surface area contributed by atoms with Gasteiger partial charge < -0.3 is 15.2 Å². The lowest BCUT2D eigenvalue weighted by molar-refractivity contribution is 0.0999. The summed E-state index contributed by atoms with van der Waals surface area (Å²) in [6.45, 7) is 1.85. The van der Waals surface area contributed by atoms with E-state index in [-0.39, 0.29) is 0 Å². The maximum atomic E-state index is 11.0. The standard InChI is InChI=1S/C10H13NO3/c1-6-8(13-2)4-7(10(11)12)5-9(6)14-3/h4-5H,1-3H3,(H2,11,12). The Bertz CT molecular complexity index is 335. The Morgan fingerprint density at radius 1 is 1.21 bits per heavy atom. The molecule has 0 unspecified atom stereocenters. The number of carbonyl (C=O) groups is 1. The van der Waals surface area contributed by atoms with Gasteiger partial charge in [-0.3, -0.25) is 4.79 Å². The topological polar surface area (TPSA) is 61.5 Å². The molecule has 76 valence electrons. The minimum Gasteiger partial charge on any atom is -0.496 e. The second-order valence-corrected chi connectivity index (χ2v) is 2.87. The monoisotopic (exact) mass is 195 g/mol. The molecule has 0 bridgehead atoms. The Morgan fingerprint density at radius 3 is 1.93 bits per heavy atom. The van der Waals surface area contributed by atoms with Crippen molar-refractivity contribution in [1.82, 2.24) is 0 Å². The second kappa shape index (κ2) is 4.00. The van der Waals surface area contributed by atoms with E-state index in [1.807, 2.05) is 6.92 Å². The number of methoxy groups -OCH3 is 2.